The minimum absolute atomic E-state index is 0.296. The van der Waals surface area contributed by atoms with Crippen LogP contribution >= 0.6 is 0 Å². The number of rotatable bonds is 0. The van der Waals surface area contributed by atoms with Crippen LogP contribution in [0.25, 0.3) is 32.7 Å². The smallest absolute Gasteiger partial charge is 0.136 e. The molecule has 0 saturated carbocycles. The van der Waals surface area contributed by atoms with E-state index in [1.165, 1.54) is 0 Å². The van der Waals surface area contributed by atoms with Crippen LogP contribution in [0.2, 0.25) is 0 Å². The quantitative estimate of drug-likeness (QED) is 0.487. The van der Waals surface area contributed by atoms with Crippen molar-refractivity contribution in [2.75, 3.05) is 0 Å². The fourth-order valence-corrected chi connectivity index (χ4v) is 2.57. The number of phenolic OH excluding ortho intramolecular Hbond substituents is 1. The molecule has 1 N–H and O–H groups in total. The van der Waals surface area contributed by atoms with E-state index in [0.717, 1.165) is 32.7 Å². The highest BCUT2D eigenvalue weighted by Crippen LogP contribution is 2.38. The summed E-state index contributed by atoms with van der Waals surface area (Å²) in [7, 11) is 0. The van der Waals surface area contributed by atoms with Crippen molar-refractivity contribution < 1.29 is 9.52 Å². The normalized spacial score (nSPS) is 11.6. The van der Waals surface area contributed by atoms with Crippen LogP contribution in [0.5, 0.6) is 5.75 Å². The molecule has 0 aliphatic carbocycles. The Balaban J connectivity index is 2.40. The summed E-state index contributed by atoms with van der Waals surface area (Å²) in [4.78, 5) is 0. The molecular formula is C16H10O2. The van der Waals surface area contributed by atoms with Gasteiger partial charge in [-0.15, -0.1) is 0 Å². The molecular weight excluding hydrogens is 224 g/mol. The summed E-state index contributed by atoms with van der Waals surface area (Å²) in [6.07, 6.45) is 0. The zero-order valence-electron chi connectivity index (χ0n) is 9.55. The van der Waals surface area contributed by atoms with Crippen molar-refractivity contribution in [1.82, 2.24) is 0 Å². The van der Waals surface area contributed by atoms with Crippen LogP contribution in [0.15, 0.2) is 59.0 Å². The number of para-hydroxylation sites is 1. The minimum atomic E-state index is 0.296. The van der Waals surface area contributed by atoms with Gasteiger partial charge >= 0.3 is 0 Å². The predicted octanol–water partition coefficient (Wildman–Crippen LogP) is 4.44. The molecule has 0 saturated heterocycles. The predicted molar refractivity (Wildman–Crippen MR) is 72.9 cm³/mol. The van der Waals surface area contributed by atoms with Crippen LogP contribution in [-0.4, -0.2) is 5.11 Å². The Kier molecular flexibility index (Phi) is 1.73. The van der Waals surface area contributed by atoms with Gasteiger partial charge < -0.3 is 9.52 Å². The molecule has 18 heavy (non-hydrogen) atoms. The molecule has 4 aromatic rings. The molecule has 3 aromatic carbocycles. The van der Waals surface area contributed by atoms with Crippen LogP contribution in [0.4, 0.5) is 0 Å². The second-order valence-electron chi connectivity index (χ2n) is 4.41. The maximum atomic E-state index is 10.1. The third-order valence-corrected chi connectivity index (χ3v) is 3.36. The Labute approximate surface area is 103 Å². The average molecular weight is 234 g/mol. The lowest BCUT2D eigenvalue weighted by Crippen LogP contribution is -1.75. The SMILES string of the molecule is Oc1cccc2ccc3oc4ccccc4c3c12. The zero-order chi connectivity index (χ0) is 12.1. The first-order chi connectivity index (χ1) is 8.84. The van der Waals surface area contributed by atoms with E-state index in [1.54, 1.807) is 6.07 Å². The van der Waals surface area contributed by atoms with Gasteiger partial charge in [0, 0.05) is 16.2 Å². The van der Waals surface area contributed by atoms with Gasteiger partial charge in [-0.1, -0.05) is 36.4 Å². The highest BCUT2D eigenvalue weighted by atomic mass is 16.3. The topological polar surface area (TPSA) is 33.4 Å². The number of fused-ring (bicyclic) bond motifs is 5. The molecule has 0 aliphatic rings. The zero-order valence-corrected chi connectivity index (χ0v) is 9.55. The summed E-state index contributed by atoms with van der Waals surface area (Å²) in [5.41, 5.74) is 1.66. The highest BCUT2D eigenvalue weighted by molar-refractivity contribution is 6.20. The van der Waals surface area contributed by atoms with Gasteiger partial charge in [0.25, 0.3) is 0 Å². The molecule has 0 spiro atoms. The fraction of sp³-hybridized carbons (Fsp3) is 0. The third-order valence-electron chi connectivity index (χ3n) is 3.36. The Morgan fingerprint density at radius 2 is 1.61 bits per heavy atom. The Bertz CT molecular complexity index is 887. The molecule has 86 valence electrons. The monoisotopic (exact) mass is 234 g/mol. The van der Waals surface area contributed by atoms with Crippen molar-refractivity contribution in [3.63, 3.8) is 0 Å². The average Bonchev–Trinajstić information content (AvgIpc) is 2.77. The lowest BCUT2D eigenvalue weighted by Gasteiger charge is -2.01. The Morgan fingerprint density at radius 1 is 0.722 bits per heavy atom. The molecule has 1 heterocycles. The molecule has 2 heteroatoms. The van der Waals surface area contributed by atoms with E-state index >= 15 is 0 Å². The molecule has 0 radical (unpaired) electrons. The molecule has 2 nitrogen and oxygen atoms in total. The summed E-state index contributed by atoms with van der Waals surface area (Å²) in [6.45, 7) is 0. The molecule has 0 aliphatic heterocycles. The van der Waals surface area contributed by atoms with Crippen LogP contribution in [-0.2, 0) is 0 Å². The number of phenols is 1. The first-order valence-electron chi connectivity index (χ1n) is 5.86. The van der Waals surface area contributed by atoms with Crippen LogP contribution in [0, 0.1) is 0 Å². The fourth-order valence-electron chi connectivity index (χ4n) is 2.57. The largest absolute Gasteiger partial charge is 0.507 e. The molecule has 1 aromatic heterocycles. The van der Waals surface area contributed by atoms with Gasteiger partial charge in [-0.2, -0.15) is 0 Å². The highest BCUT2D eigenvalue weighted by Gasteiger charge is 2.11. The number of aromatic hydroxyl groups is 1. The first-order valence-corrected chi connectivity index (χ1v) is 5.86. The van der Waals surface area contributed by atoms with E-state index in [4.69, 9.17) is 4.42 Å². The van der Waals surface area contributed by atoms with Gasteiger partial charge in [-0.25, -0.2) is 0 Å². The summed E-state index contributed by atoms with van der Waals surface area (Å²) in [6, 6.07) is 17.4. The van der Waals surface area contributed by atoms with Crippen molar-refractivity contribution >= 4 is 32.7 Å². The molecule has 4 rings (SSSR count). The molecule has 0 fully saturated rings. The van der Waals surface area contributed by atoms with Crippen molar-refractivity contribution in [2.24, 2.45) is 0 Å². The number of hydrogen-bond acceptors (Lipinski definition) is 2. The van der Waals surface area contributed by atoms with Crippen LogP contribution in [0.1, 0.15) is 0 Å². The first kappa shape index (κ1) is 9.54. The number of hydrogen-bond donors (Lipinski definition) is 1. The van der Waals surface area contributed by atoms with E-state index in [-0.39, 0.29) is 0 Å². The van der Waals surface area contributed by atoms with Gasteiger partial charge in [0.15, 0.2) is 0 Å². The molecule has 0 atom stereocenters. The summed E-state index contributed by atoms with van der Waals surface area (Å²) in [5, 5.41) is 14.0. The molecule has 0 unspecified atom stereocenters. The van der Waals surface area contributed by atoms with Crippen molar-refractivity contribution in [3.8, 4) is 5.75 Å². The van der Waals surface area contributed by atoms with Crippen LogP contribution < -0.4 is 0 Å². The Morgan fingerprint density at radius 3 is 2.56 bits per heavy atom. The summed E-state index contributed by atoms with van der Waals surface area (Å²) in [5.74, 6) is 0.296. The van der Waals surface area contributed by atoms with Gasteiger partial charge in [0.05, 0.1) is 0 Å². The van der Waals surface area contributed by atoms with Crippen molar-refractivity contribution in [1.29, 1.82) is 0 Å². The summed E-state index contributed by atoms with van der Waals surface area (Å²) < 4.78 is 5.80. The van der Waals surface area contributed by atoms with E-state index < -0.39 is 0 Å². The molecule has 0 amide bonds. The van der Waals surface area contributed by atoms with Gasteiger partial charge in [-0.05, 0) is 23.6 Å². The molecule has 0 bridgehead atoms. The standard InChI is InChI=1S/C16H10O2/c17-12-6-3-4-10-8-9-14-16(15(10)12)11-5-1-2-7-13(11)18-14/h1-9,17H. The van der Waals surface area contributed by atoms with Gasteiger partial charge in [0.2, 0.25) is 0 Å². The van der Waals surface area contributed by atoms with Gasteiger partial charge in [0.1, 0.15) is 16.9 Å². The Hall–Kier alpha value is -2.48. The van der Waals surface area contributed by atoms with E-state index in [9.17, 15) is 5.11 Å². The van der Waals surface area contributed by atoms with E-state index in [1.807, 2.05) is 48.5 Å². The minimum Gasteiger partial charge on any atom is -0.507 e. The van der Waals surface area contributed by atoms with E-state index in [2.05, 4.69) is 0 Å². The third kappa shape index (κ3) is 1.12. The second-order valence-corrected chi connectivity index (χ2v) is 4.41. The second kappa shape index (κ2) is 3.26. The number of furan rings is 1. The maximum absolute atomic E-state index is 10.1. The lowest BCUT2D eigenvalue weighted by molar-refractivity contribution is 0.482. The maximum Gasteiger partial charge on any atom is 0.136 e. The van der Waals surface area contributed by atoms with Crippen molar-refractivity contribution in [2.45, 2.75) is 0 Å². The van der Waals surface area contributed by atoms with Crippen LogP contribution in [0.3, 0.4) is 0 Å². The van der Waals surface area contributed by atoms with Crippen molar-refractivity contribution in [3.05, 3.63) is 54.6 Å². The number of benzene rings is 3. The van der Waals surface area contributed by atoms with Gasteiger partial charge in [-0.3, -0.25) is 0 Å². The summed E-state index contributed by atoms with van der Waals surface area (Å²) >= 11 is 0. The van der Waals surface area contributed by atoms with E-state index in [0.29, 0.717) is 5.75 Å². The lowest BCUT2D eigenvalue weighted by atomic mass is 10.0.